The molecule has 4 nitrogen and oxygen atoms in total. The van der Waals surface area contributed by atoms with E-state index in [1.807, 2.05) is 18.2 Å². The molecule has 0 unspecified atom stereocenters. The van der Waals surface area contributed by atoms with E-state index in [2.05, 4.69) is 5.32 Å². The molecule has 0 spiro atoms. The third kappa shape index (κ3) is 3.03. The molecule has 1 fully saturated rings. The van der Waals surface area contributed by atoms with Gasteiger partial charge in [0.1, 0.15) is 11.5 Å². The lowest BCUT2D eigenvalue weighted by molar-refractivity contribution is 0.0904. The summed E-state index contributed by atoms with van der Waals surface area (Å²) in [5.41, 5.74) is 0.985. The lowest BCUT2D eigenvalue weighted by atomic mass is 10.1. The van der Waals surface area contributed by atoms with Gasteiger partial charge in [-0.3, -0.25) is 0 Å². The minimum Gasteiger partial charge on any atom is -0.497 e. The van der Waals surface area contributed by atoms with Crippen LogP contribution >= 0.6 is 0 Å². The molecule has 0 amide bonds. The Labute approximate surface area is 102 Å². The first-order valence-electron chi connectivity index (χ1n) is 5.90. The van der Waals surface area contributed by atoms with Crippen molar-refractivity contribution in [2.24, 2.45) is 0 Å². The highest BCUT2D eigenvalue weighted by molar-refractivity contribution is 5.60. The standard InChI is InChI=1S/C13H19NO3/c1-15-11-3-4-13(16-2)12(9-11)14-10-5-7-17-8-6-10/h3-4,9-10,14H,5-8H2,1-2H3. The van der Waals surface area contributed by atoms with Crippen LogP contribution in [-0.2, 0) is 4.74 Å². The molecule has 0 aliphatic carbocycles. The van der Waals surface area contributed by atoms with E-state index in [4.69, 9.17) is 14.2 Å². The Hall–Kier alpha value is -1.42. The molecule has 0 aromatic heterocycles. The Kier molecular flexibility index (Phi) is 4.09. The summed E-state index contributed by atoms with van der Waals surface area (Å²) in [4.78, 5) is 0. The fourth-order valence-corrected chi connectivity index (χ4v) is 1.99. The molecular weight excluding hydrogens is 218 g/mol. The molecule has 1 aromatic carbocycles. The Morgan fingerprint density at radius 1 is 1.18 bits per heavy atom. The fraction of sp³-hybridized carbons (Fsp3) is 0.538. The monoisotopic (exact) mass is 237 g/mol. The first-order valence-corrected chi connectivity index (χ1v) is 5.90. The van der Waals surface area contributed by atoms with E-state index >= 15 is 0 Å². The van der Waals surface area contributed by atoms with Gasteiger partial charge >= 0.3 is 0 Å². The molecule has 1 N–H and O–H groups in total. The van der Waals surface area contributed by atoms with Crippen LogP contribution in [0.2, 0.25) is 0 Å². The van der Waals surface area contributed by atoms with Crippen LogP contribution in [0.1, 0.15) is 12.8 Å². The molecule has 0 radical (unpaired) electrons. The number of hydrogen-bond donors (Lipinski definition) is 1. The minimum atomic E-state index is 0.449. The van der Waals surface area contributed by atoms with Crippen molar-refractivity contribution in [1.82, 2.24) is 0 Å². The van der Waals surface area contributed by atoms with Gasteiger partial charge in [0.25, 0.3) is 0 Å². The SMILES string of the molecule is COc1ccc(OC)c(NC2CCOCC2)c1. The van der Waals surface area contributed by atoms with Crippen LogP contribution in [0.15, 0.2) is 18.2 Å². The van der Waals surface area contributed by atoms with Crippen LogP contribution in [0.25, 0.3) is 0 Å². The van der Waals surface area contributed by atoms with Gasteiger partial charge in [0, 0.05) is 25.3 Å². The summed E-state index contributed by atoms with van der Waals surface area (Å²) in [5.74, 6) is 1.68. The molecule has 0 atom stereocenters. The maximum atomic E-state index is 5.34. The van der Waals surface area contributed by atoms with Crippen LogP contribution in [0, 0.1) is 0 Å². The largest absolute Gasteiger partial charge is 0.497 e. The summed E-state index contributed by atoms with van der Waals surface area (Å²) in [5, 5.41) is 3.49. The van der Waals surface area contributed by atoms with E-state index < -0.39 is 0 Å². The molecule has 17 heavy (non-hydrogen) atoms. The molecule has 1 saturated heterocycles. The summed E-state index contributed by atoms with van der Waals surface area (Å²) in [7, 11) is 3.34. The summed E-state index contributed by atoms with van der Waals surface area (Å²) in [6.07, 6.45) is 2.06. The van der Waals surface area contributed by atoms with Crippen LogP contribution < -0.4 is 14.8 Å². The smallest absolute Gasteiger partial charge is 0.142 e. The van der Waals surface area contributed by atoms with Crippen molar-refractivity contribution in [3.63, 3.8) is 0 Å². The molecule has 1 aliphatic rings. The van der Waals surface area contributed by atoms with Gasteiger partial charge in [-0.15, -0.1) is 0 Å². The molecule has 0 saturated carbocycles. The second kappa shape index (κ2) is 5.77. The van der Waals surface area contributed by atoms with E-state index in [-0.39, 0.29) is 0 Å². The molecule has 0 bridgehead atoms. The summed E-state index contributed by atoms with van der Waals surface area (Å²) >= 11 is 0. The van der Waals surface area contributed by atoms with Gasteiger partial charge in [-0.1, -0.05) is 0 Å². The van der Waals surface area contributed by atoms with Crippen LogP contribution in [0.3, 0.4) is 0 Å². The first-order chi connectivity index (χ1) is 8.33. The third-order valence-corrected chi connectivity index (χ3v) is 2.99. The maximum Gasteiger partial charge on any atom is 0.142 e. The van der Waals surface area contributed by atoms with Crippen molar-refractivity contribution < 1.29 is 14.2 Å². The number of rotatable bonds is 4. The van der Waals surface area contributed by atoms with Crippen molar-refractivity contribution >= 4 is 5.69 Å². The first kappa shape index (κ1) is 12.0. The van der Waals surface area contributed by atoms with Gasteiger partial charge in [0.15, 0.2) is 0 Å². The fourth-order valence-electron chi connectivity index (χ4n) is 1.99. The topological polar surface area (TPSA) is 39.7 Å². The number of hydrogen-bond acceptors (Lipinski definition) is 4. The molecule has 1 aromatic rings. The molecule has 4 heteroatoms. The van der Waals surface area contributed by atoms with E-state index in [0.29, 0.717) is 6.04 Å². The number of methoxy groups -OCH3 is 2. The zero-order chi connectivity index (χ0) is 12.1. The minimum absolute atomic E-state index is 0.449. The second-order valence-electron chi connectivity index (χ2n) is 4.10. The van der Waals surface area contributed by atoms with E-state index in [0.717, 1.165) is 43.2 Å². The average molecular weight is 237 g/mol. The zero-order valence-electron chi connectivity index (χ0n) is 10.4. The second-order valence-corrected chi connectivity index (χ2v) is 4.10. The lowest BCUT2D eigenvalue weighted by Gasteiger charge is -2.25. The van der Waals surface area contributed by atoms with Gasteiger partial charge < -0.3 is 19.5 Å². The van der Waals surface area contributed by atoms with Gasteiger partial charge in [-0.2, -0.15) is 0 Å². The lowest BCUT2D eigenvalue weighted by Crippen LogP contribution is -2.28. The Balaban J connectivity index is 2.11. The van der Waals surface area contributed by atoms with Crippen molar-refractivity contribution in [1.29, 1.82) is 0 Å². The van der Waals surface area contributed by atoms with E-state index in [1.165, 1.54) is 0 Å². The van der Waals surface area contributed by atoms with Crippen molar-refractivity contribution in [3.8, 4) is 11.5 Å². The Morgan fingerprint density at radius 3 is 2.59 bits per heavy atom. The molecular formula is C13H19NO3. The van der Waals surface area contributed by atoms with Gasteiger partial charge in [-0.05, 0) is 25.0 Å². The predicted octanol–water partition coefficient (Wildman–Crippen LogP) is 2.29. The Bertz CT molecular complexity index is 362. The average Bonchev–Trinajstić information content (AvgIpc) is 2.40. The molecule has 1 heterocycles. The number of nitrogens with one attached hydrogen (secondary N) is 1. The van der Waals surface area contributed by atoms with E-state index in [1.54, 1.807) is 14.2 Å². The summed E-state index contributed by atoms with van der Waals surface area (Å²) in [6, 6.07) is 6.23. The maximum absolute atomic E-state index is 5.34. The summed E-state index contributed by atoms with van der Waals surface area (Å²) in [6.45, 7) is 1.65. The number of ether oxygens (including phenoxy) is 3. The zero-order valence-corrected chi connectivity index (χ0v) is 10.4. The van der Waals surface area contributed by atoms with Crippen LogP contribution in [0.4, 0.5) is 5.69 Å². The van der Waals surface area contributed by atoms with Crippen molar-refractivity contribution in [3.05, 3.63) is 18.2 Å². The van der Waals surface area contributed by atoms with Crippen LogP contribution in [-0.4, -0.2) is 33.5 Å². The predicted molar refractivity (Wildman–Crippen MR) is 67.0 cm³/mol. The highest BCUT2D eigenvalue weighted by Gasteiger charge is 2.15. The quantitative estimate of drug-likeness (QED) is 0.872. The number of benzene rings is 1. The highest BCUT2D eigenvalue weighted by atomic mass is 16.5. The van der Waals surface area contributed by atoms with Crippen molar-refractivity contribution in [2.45, 2.75) is 18.9 Å². The van der Waals surface area contributed by atoms with Gasteiger partial charge in [0.05, 0.1) is 19.9 Å². The third-order valence-electron chi connectivity index (χ3n) is 2.99. The molecule has 1 aliphatic heterocycles. The molecule has 2 rings (SSSR count). The van der Waals surface area contributed by atoms with Gasteiger partial charge in [0.2, 0.25) is 0 Å². The summed E-state index contributed by atoms with van der Waals surface area (Å²) < 4.78 is 15.9. The van der Waals surface area contributed by atoms with Gasteiger partial charge in [-0.25, -0.2) is 0 Å². The van der Waals surface area contributed by atoms with Crippen molar-refractivity contribution in [2.75, 3.05) is 32.8 Å². The highest BCUT2D eigenvalue weighted by Crippen LogP contribution is 2.30. The molecule has 94 valence electrons. The van der Waals surface area contributed by atoms with Crippen LogP contribution in [0.5, 0.6) is 11.5 Å². The Morgan fingerprint density at radius 2 is 1.94 bits per heavy atom. The normalized spacial score (nSPS) is 16.6. The van der Waals surface area contributed by atoms with E-state index in [9.17, 15) is 0 Å². The number of anilines is 1.